The first-order valence-electron chi connectivity index (χ1n) is 11.1. The second-order valence-corrected chi connectivity index (χ2v) is 9.32. The van der Waals surface area contributed by atoms with E-state index in [9.17, 15) is 43.7 Å². The van der Waals surface area contributed by atoms with E-state index in [1.807, 2.05) is 0 Å². The number of carbonyl (C=O) groups is 5. The van der Waals surface area contributed by atoms with Gasteiger partial charge in [0.1, 0.15) is 11.6 Å². The van der Waals surface area contributed by atoms with Gasteiger partial charge in [0.25, 0.3) is 0 Å². The van der Waals surface area contributed by atoms with Gasteiger partial charge in [-0.2, -0.15) is 0 Å². The maximum atomic E-state index is 13.7. The van der Waals surface area contributed by atoms with Crippen molar-refractivity contribution in [1.29, 1.82) is 0 Å². The molecule has 0 radical (unpaired) electrons. The third kappa shape index (κ3) is 3.11. The van der Waals surface area contributed by atoms with Gasteiger partial charge >= 0.3 is 0 Å². The lowest BCUT2D eigenvalue weighted by Gasteiger charge is -2.51. The first kappa shape index (κ1) is 23.7. The molecule has 0 saturated heterocycles. The van der Waals surface area contributed by atoms with Crippen molar-refractivity contribution in [2.24, 2.45) is 29.4 Å². The minimum Gasteiger partial charge on any atom is -0.507 e. The highest BCUT2D eigenvalue weighted by molar-refractivity contribution is 6.32. The number of aliphatic hydroxyl groups is 2. The molecule has 0 aliphatic heterocycles. The molecule has 5 rings (SSSR count). The number of phenolic OH excluding ortho intramolecular Hbond substituents is 1. The van der Waals surface area contributed by atoms with Gasteiger partial charge in [0.2, 0.25) is 5.91 Å². The SMILES string of the molecule is NC(=O)C1C(=O)CC2C(O)C3C(=Cc4ccc(F)cc4)c4cccc(O)c4C(=O)C3C(=O)C2(O)C1=O. The number of amides is 1. The number of benzene rings is 2. The summed E-state index contributed by atoms with van der Waals surface area (Å²) in [6, 6.07) is 9.40. The number of halogens is 1. The number of hydrogen-bond donors (Lipinski definition) is 4. The molecule has 2 fully saturated rings. The second-order valence-electron chi connectivity index (χ2n) is 9.32. The second kappa shape index (κ2) is 8.00. The Morgan fingerprint density at radius 1 is 1.06 bits per heavy atom. The summed E-state index contributed by atoms with van der Waals surface area (Å²) >= 11 is 0. The maximum absolute atomic E-state index is 13.7. The zero-order valence-corrected chi connectivity index (χ0v) is 18.6. The van der Waals surface area contributed by atoms with Gasteiger partial charge in [0.15, 0.2) is 34.7 Å². The highest BCUT2D eigenvalue weighted by Crippen LogP contribution is 2.54. The van der Waals surface area contributed by atoms with E-state index < -0.39 is 82.4 Å². The van der Waals surface area contributed by atoms with Crippen molar-refractivity contribution in [3.05, 3.63) is 65.0 Å². The van der Waals surface area contributed by atoms with Crippen LogP contribution >= 0.6 is 0 Å². The van der Waals surface area contributed by atoms with Crippen LogP contribution in [0.5, 0.6) is 5.75 Å². The number of fused-ring (bicyclic) bond motifs is 3. The molecule has 2 aromatic carbocycles. The fourth-order valence-corrected chi connectivity index (χ4v) is 5.77. The Balaban J connectivity index is 1.74. The van der Waals surface area contributed by atoms with Crippen molar-refractivity contribution >= 4 is 40.7 Å². The van der Waals surface area contributed by atoms with E-state index in [2.05, 4.69) is 0 Å². The molecule has 3 aliphatic rings. The normalized spacial score (nSPS) is 32.6. The van der Waals surface area contributed by atoms with Crippen LogP contribution in [0.3, 0.4) is 0 Å². The Labute approximate surface area is 203 Å². The fourth-order valence-electron chi connectivity index (χ4n) is 5.77. The highest BCUT2D eigenvalue weighted by Gasteiger charge is 2.69. The Morgan fingerprint density at radius 3 is 2.36 bits per heavy atom. The van der Waals surface area contributed by atoms with Gasteiger partial charge in [-0.1, -0.05) is 30.3 Å². The molecule has 36 heavy (non-hydrogen) atoms. The third-order valence-electron chi connectivity index (χ3n) is 7.43. The van der Waals surface area contributed by atoms with Crippen molar-refractivity contribution in [2.75, 3.05) is 0 Å². The molecule has 2 saturated carbocycles. The van der Waals surface area contributed by atoms with Gasteiger partial charge in [-0.15, -0.1) is 0 Å². The van der Waals surface area contributed by atoms with Gasteiger partial charge in [0.05, 0.1) is 17.6 Å². The largest absolute Gasteiger partial charge is 0.507 e. The Morgan fingerprint density at radius 2 is 1.72 bits per heavy atom. The van der Waals surface area contributed by atoms with E-state index in [0.29, 0.717) is 5.56 Å². The van der Waals surface area contributed by atoms with Crippen molar-refractivity contribution in [3.8, 4) is 5.75 Å². The van der Waals surface area contributed by atoms with Gasteiger partial charge in [-0.05, 0) is 34.9 Å². The fraction of sp³-hybridized carbons (Fsp3) is 0.269. The van der Waals surface area contributed by atoms with Crippen LogP contribution in [0.15, 0.2) is 42.5 Å². The van der Waals surface area contributed by atoms with E-state index in [0.717, 1.165) is 0 Å². The van der Waals surface area contributed by atoms with Crippen LogP contribution in [0.25, 0.3) is 11.6 Å². The average molecular weight is 493 g/mol. The maximum Gasteiger partial charge on any atom is 0.235 e. The molecule has 0 spiro atoms. The number of Topliss-reactive ketones (excluding diaryl/α,β-unsaturated/α-hetero) is 4. The van der Waals surface area contributed by atoms with Crippen LogP contribution in [-0.4, -0.2) is 56.1 Å². The standard InChI is InChI=1S/C26H20FNO8/c27-11-6-4-10(5-7-11)8-13-12-2-1-3-15(29)17(12)22(32)20-18(13)21(31)14-9-16(30)19(25(28)35)23(33)26(14,36)24(20)34/h1-8,14,18-21,29,31,36H,9H2,(H2,28,35). The number of phenols is 1. The lowest BCUT2D eigenvalue weighted by molar-refractivity contribution is -0.185. The van der Waals surface area contributed by atoms with E-state index in [4.69, 9.17) is 5.73 Å². The molecule has 9 nitrogen and oxygen atoms in total. The minimum absolute atomic E-state index is 0.200. The zero-order valence-electron chi connectivity index (χ0n) is 18.6. The first-order valence-corrected chi connectivity index (χ1v) is 11.1. The summed E-state index contributed by atoms with van der Waals surface area (Å²) in [5.41, 5.74) is 2.77. The lowest BCUT2D eigenvalue weighted by Crippen LogP contribution is -2.72. The lowest BCUT2D eigenvalue weighted by atomic mass is 9.51. The third-order valence-corrected chi connectivity index (χ3v) is 7.43. The van der Waals surface area contributed by atoms with Crippen molar-refractivity contribution in [2.45, 2.75) is 18.1 Å². The number of carbonyl (C=O) groups excluding carboxylic acids is 5. The number of ketones is 4. The average Bonchev–Trinajstić information content (AvgIpc) is 2.82. The molecule has 0 heterocycles. The van der Waals surface area contributed by atoms with Gasteiger partial charge in [0, 0.05) is 18.3 Å². The Bertz CT molecular complexity index is 1400. The van der Waals surface area contributed by atoms with Crippen LogP contribution in [0.2, 0.25) is 0 Å². The van der Waals surface area contributed by atoms with Crippen molar-refractivity contribution in [3.63, 3.8) is 0 Å². The molecule has 0 aromatic heterocycles. The summed E-state index contributed by atoms with van der Waals surface area (Å²) in [6.45, 7) is 0. The Hall–Kier alpha value is -4.02. The molecule has 6 unspecified atom stereocenters. The summed E-state index contributed by atoms with van der Waals surface area (Å²) < 4.78 is 13.5. The van der Waals surface area contributed by atoms with Gasteiger partial charge < -0.3 is 21.1 Å². The van der Waals surface area contributed by atoms with Crippen LogP contribution in [0.1, 0.15) is 27.9 Å². The number of hydrogen-bond acceptors (Lipinski definition) is 8. The number of aromatic hydroxyl groups is 1. The van der Waals surface area contributed by atoms with Crippen LogP contribution in [-0.2, 0) is 19.2 Å². The molecule has 0 bridgehead atoms. The van der Waals surface area contributed by atoms with Crippen molar-refractivity contribution in [1.82, 2.24) is 0 Å². The Kier molecular flexibility index (Phi) is 5.27. The summed E-state index contributed by atoms with van der Waals surface area (Å²) in [5.74, 6) is -13.8. The molecule has 2 aromatic rings. The van der Waals surface area contributed by atoms with Crippen LogP contribution in [0, 0.1) is 29.5 Å². The minimum atomic E-state index is -3.01. The molecular weight excluding hydrogens is 473 g/mol. The molecule has 10 heteroatoms. The molecular formula is C26H20FNO8. The van der Waals surface area contributed by atoms with E-state index in [1.165, 1.54) is 48.5 Å². The quantitative estimate of drug-likeness (QED) is 0.436. The molecule has 1 amide bonds. The molecule has 3 aliphatic carbocycles. The van der Waals surface area contributed by atoms with E-state index >= 15 is 0 Å². The molecule has 5 N–H and O–H groups in total. The zero-order chi connectivity index (χ0) is 26.1. The number of rotatable bonds is 2. The summed E-state index contributed by atoms with van der Waals surface area (Å²) in [4.78, 5) is 64.6. The van der Waals surface area contributed by atoms with Crippen molar-refractivity contribution < 1.29 is 43.7 Å². The van der Waals surface area contributed by atoms with Crippen LogP contribution in [0.4, 0.5) is 4.39 Å². The summed E-state index contributed by atoms with van der Waals surface area (Å²) in [7, 11) is 0. The first-order chi connectivity index (χ1) is 17.0. The van der Waals surface area contributed by atoms with E-state index in [1.54, 1.807) is 0 Å². The smallest absolute Gasteiger partial charge is 0.235 e. The van der Waals surface area contributed by atoms with E-state index in [-0.39, 0.29) is 16.7 Å². The number of nitrogens with two attached hydrogens (primary N) is 1. The molecule has 184 valence electrons. The van der Waals surface area contributed by atoms with Crippen LogP contribution < -0.4 is 5.73 Å². The number of aliphatic hydroxyl groups excluding tert-OH is 1. The highest BCUT2D eigenvalue weighted by atomic mass is 19.1. The van der Waals surface area contributed by atoms with Gasteiger partial charge in [-0.3, -0.25) is 24.0 Å². The summed E-state index contributed by atoms with van der Waals surface area (Å²) in [6.07, 6.45) is -0.941. The topological polar surface area (TPSA) is 172 Å². The van der Waals surface area contributed by atoms with Gasteiger partial charge in [-0.25, -0.2) is 4.39 Å². The predicted molar refractivity (Wildman–Crippen MR) is 120 cm³/mol. The summed E-state index contributed by atoms with van der Waals surface area (Å²) in [5, 5.41) is 33.2. The monoisotopic (exact) mass is 493 g/mol. The molecule has 6 atom stereocenters. The number of primary amides is 1. The predicted octanol–water partition coefficient (Wildman–Crippen LogP) is 0.435.